The second kappa shape index (κ2) is 11.9. The molecule has 1 aliphatic carbocycles. The smallest absolute Gasteiger partial charge is 0.137 e. The van der Waals surface area contributed by atoms with Gasteiger partial charge in [-0.1, -0.05) is 73.3 Å². The second-order valence-electron chi connectivity index (χ2n) is 13.0. The summed E-state index contributed by atoms with van der Waals surface area (Å²) in [4.78, 5) is 0. The van der Waals surface area contributed by atoms with Crippen LogP contribution in [0.2, 0.25) is 0 Å². The van der Waals surface area contributed by atoms with Crippen LogP contribution in [0.3, 0.4) is 0 Å². The van der Waals surface area contributed by atoms with Crippen molar-refractivity contribution in [3.05, 3.63) is 144 Å². The summed E-state index contributed by atoms with van der Waals surface area (Å²) >= 11 is 0. The maximum absolute atomic E-state index is 10.8. The van der Waals surface area contributed by atoms with Gasteiger partial charge in [-0.05, 0) is 55.3 Å². The number of para-hydroxylation sites is 3. The van der Waals surface area contributed by atoms with Gasteiger partial charge >= 0.3 is 0 Å². The van der Waals surface area contributed by atoms with E-state index in [9.17, 15) is 10.5 Å². The van der Waals surface area contributed by atoms with E-state index in [1.54, 1.807) is 6.08 Å². The Hall–Kier alpha value is -6.50. The summed E-state index contributed by atoms with van der Waals surface area (Å²) in [6.45, 7) is 4.59. The summed E-state index contributed by atoms with van der Waals surface area (Å²) in [7, 11) is 0. The van der Waals surface area contributed by atoms with E-state index in [4.69, 9.17) is 9.15 Å². The highest BCUT2D eigenvalue weighted by Crippen LogP contribution is 2.43. The molecule has 2 aliphatic rings. The number of fused-ring (bicyclic) bond motifs is 11. The van der Waals surface area contributed by atoms with Crippen molar-refractivity contribution in [2.45, 2.75) is 32.2 Å². The minimum Gasteiger partial charge on any atom is -0.458 e. The molecule has 0 fully saturated rings. The third kappa shape index (κ3) is 4.69. The van der Waals surface area contributed by atoms with Gasteiger partial charge in [0.25, 0.3) is 0 Å². The van der Waals surface area contributed by atoms with E-state index >= 15 is 0 Å². The predicted molar refractivity (Wildman–Crippen MR) is 200 cm³/mol. The Bertz CT molecular complexity index is 2710. The highest BCUT2D eigenvalue weighted by molar-refractivity contribution is 6.20. The molecule has 7 aromatic rings. The zero-order valence-corrected chi connectivity index (χ0v) is 27.4. The van der Waals surface area contributed by atoms with E-state index in [1.165, 1.54) is 5.56 Å². The number of ether oxygens (including phenoxy) is 1. The molecule has 3 aromatic heterocycles. The lowest BCUT2D eigenvalue weighted by Gasteiger charge is -2.20. The average Bonchev–Trinajstić information content (AvgIpc) is 3.79. The van der Waals surface area contributed by atoms with Gasteiger partial charge in [0, 0.05) is 80.9 Å². The SMILES string of the molecule is C=C1/C=C\c2c(n(CC(C#N)C/C(=C/C#N)n3c4c(c5ccc6oc7ccccc7c6c53)C=CCC4)c3ccccc23)Cc2ccccc2O1. The Morgan fingerprint density at radius 1 is 0.840 bits per heavy atom. The average molecular weight is 649 g/mol. The molecule has 0 radical (unpaired) electrons. The number of furan rings is 1. The predicted octanol–water partition coefficient (Wildman–Crippen LogP) is 10.6. The molecule has 1 unspecified atom stereocenters. The molecule has 0 spiro atoms. The van der Waals surface area contributed by atoms with Gasteiger partial charge in [-0.25, -0.2) is 0 Å². The van der Waals surface area contributed by atoms with Crippen LogP contribution in [0.1, 0.15) is 40.9 Å². The van der Waals surface area contributed by atoms with Gasteiger partial charge in [0.05, 0.1) is 29.0 Å². The van der Waals surface area contributed by atoms with Crippen molar-refractivity contribution < 1.29 is 9.15 Å². The normalized spacial score (nSPS) is 15.4. The minimum atomic E-state index is -0.430. The fourth-order valence-corrected chi connectivity index (χ4v) is 7.99. The van der Waals surface area contributed by atoms with Crippen LogP contribution in [0.5, 0.6) is 5.75 Å². The fourth-order valence-electron chi connectivity index (χ4n) is 7.99. The number of hydrogen-bond donors (Lipinski definition) is 0. The first kappa shape index (κ1) is 29.6. The zero-order valence-electron chi connectivity index (χ0n) is 27.4. The van der Waals surface area contributed by atoms with Crippen LogP contribution >= 0.6 is 0 Å². The number of benzene rings is 4. The lowest BCUT2D eigenvalue weighted by molar-refractivity contribution is 0.442. The minimum absolute atomic E-state index is 0.393. The van der Waals surface area contributed by atoms with Crippen LogP contribution in [0.25, 0.3) is 61.6 Å². The topological polar surface area (TPSA) is 79.8 Å². The van der Waals surface area contributed by atoms with Crippen LogP contribution in [0, 0.1) is 28.6 Å². The molecule has 6 nitrogen and oxygen atoms in total. The molecule has 0 amide bonds. The number of allylic oxidation sites excluding steroid dienone is 4. The van der Waals surface area contributed by atoms with Crippen molar-refractivity contribution in [2.75, 3.05) is 0 Å². The van der Waals surface area contributed by atoms with Gasteiger partial charge < -0.3 is 18.3 Å². The van der Waals surface area contributed by atoms with Crippen molar-refractivity contribution in [3.8, 4) is 17.9 Å². The second-order valence-corrected chi connectivity index (χ2v) is 13.0. The zero-order chi connectivity index (χ0) is 33.8. The van der Waals surface area contributed by atoms with Crippen LogP contribution in [0.15, 0.2) is 120 Å². The van der Waals surface area contributed by atoms with Gasteiger partial charge in [-0.15, -0.1) is 0 Å². The lowest BCUT2D eigenvalue weighted by Crippen LogP contribution is -2.15. The van der Waals surface area contributed by atoms with E-state index in [2.05, 4.69) is 88.5 Å². The summed E-state index contributed by atoms with van der Waals surface area (Å²) in [6, 6.07) is 33.7. The van der Waals surface area contributed by atoms with E-state index in [0.29, 0.717) is 25.1 Å². The molecule has 6 heteroatoms. The Kier molecular flexibility index (Phi) is 7.04. The monoisotopic (exact) mass is 648 g/mol. The maximum Gasteiger partial charge on any atom is 0.137 e. The summed E-state index contributed by atoms with van der Waals surface area (Å²) in [5.41, 5.74) is 10.1. The lowest BCUT2D eigenvalue weighted by atomic mass is 10.0. The Morgan fingerprint density at radius 2 is 1.64 bits per heavy atom. The molecule has 1 atom stereocenters. The number of nitriles is 2. The number of rotatable bonds is 5. The third-order valence-electron chi connectivity index (χ3n) is 10.1. The van der Waals surface area contributed by atoms with Crippen molar-refractivity contribution >= 4 is 61.6 Å². The molecular formula is C44H32N4O2. The first-order valence-corrected chi connectivity index (χ1v) is 17.0. The highest BCUT2D eigenvalue weighted by Gasteiger charge is 2.27. The molecular weight excluding hydrogens is 617 g/mol. The van der Waals surface area contributed by atoms with Crippen molar-refractivity contribution in [1.82, 2.24) is 9.13 Å². The molecule has 50 heavy (non-hydrogen) atoms. The molecule has 0 saturated heterocycles. The van der Waals surface area contributed by atoms with Crippen molar-refractivity contribution in [1.29, 1.82) is 10.5 Å². The first-order chi connectivity index (χ1) is 24.6. The molecule has 4 heterocycles. The summed E-state index contributed by atoms with van der Waals surface area (Å²) < 4.78 is 17.0. The van der Waals surface area contributed by atoms with Gasteiger partial charge in [0.15, 0.2) is 0 Å². The Labute approximate surface area is 289 Å². The molecule has 0 bridgehead atoms. The van der Waals surface area contributed by atoms with E-state index in [-0.39, 0.29) is 0 Å². The fraction of sp³-hybridized carbons (Fsp3) is 0.136. The Morgan fingerprint density at radius 3 is 2.52 bits per heavy atom. The quantitative estimate of drug-likeness (QED) is 0.174. The summed E-state index contributed by atoms with van der Waals surface area (Å²) in [6.07, 6.45) is 12.8. The van der Waals surface area contributed by atoms with E-state index in [0.717, 1.165) is 90.5 Å². The number of aromatic nitrogens is 2. The molecule has 9 rings (SSSR count). The van der Waals surface area contributed by atoms with Gasteiger partial charge in [-0.2, -0.15) is 10.5 Å². The Balaban J connectivity index is 1.20. The summed E-state index contributed by atoms with van der Waals surface area (Å²) in [5.74, 6) is 0.916. The summed E-state index contributed by atoms with van der Waals surface area (Å²) in [5, 5.41) is 25.3. The largest absolute Gasteiger partial charge is 0.458 e. The van der Waals surface area contributed by atoms with Crippen molar-refractivity contribution in [3.63, 3.8) is 0 Å². The molecule has 4 aromatic carbocycles. The first-order valence-electron chi connectivity index (χ1n) is 17.0. The van der Waals surface area contributed by atoms with Crippen LogP contribution in [0.4, 0.5) is 0 Å². The number of hydrogen-bond acceptors (Lipinski definition) is 4. The molecule has 0 N–H and O–H groups in total. The van der Waals surface area contributed by atoms with Crippen LogP contribution < -0.4 is 4.74 Å². The van der Waals surface area contributed by atoms with Crippen LogP contribution in [-0.4, -0.2) is 9.13 Å². The van der Waals surface area contributed by atoms with Gasteiger partial charge in [0.2, 0.25) is 0 Å². The van der Waals surface area contributed by atoms with E-state index < -0.39 is 5.92 Å². The molecule has 240 valence electrons. The number of nitrogens with zero attached hydrogens (tertiary/aromatic N) is 4. The molecule has 0 saturated carbocycles. The standard InChI is InChI=1S/C44H32N4O2/c1-28-18-19-34-32-11-3-6-14-37(32)47(39(34)25-30-10-2-8-16-40(30)49-28)27-29(26-46)24-31(22-23-45)48-38-15-7-4-12-33(38)35-20-21-42-43(44(35)48)36-13-5-9-17-41(36)50-42/h2-6,8-14,16-22,29H,1,7,15,24-25,27H2/b19-18-,31-22-. The highest BCUT2D eigenvalue weighted by atomic mass is 16.5. The van der Waals surface area contributed by atoms with E-state index in [1.807, 2.05) is 48.5 Å². The van der Waals surface area contributed by atoms with Crippen molar-refractivity contribution in [2.24, 2.45) is 5.92 Å². The maximum atomic E-state index is 10.8. The third-order valence-corrected chi connectivity index (χ3v) is 10.1. The van der Waals surface area contributed by atoms with Gasteiger partial charge in [-0.3, -0.25) is 0 Å². The molecule has 1 aliphatic heterocycles. The van der Waals surface area contributed by atoms with Crippen LogP contribution in [-0.2, 0) is 19.4 Å². The van der Waals surface area contributed by atoms with Gasteiger partial charge in [0.1, 0.15) is 22.7 Å².